The van der Waals surface area contributed by atoms with Crippen molar-refractivity contribution in [3.05, 3.63) is 29.8 Å². The molecule has 1 N–H and O–H groups in total. The van der Waals surface area contributed by atoms with Crippen molar-refractivity contribution in [2.24, 2.45) is 5.92 Å². The number of nitrogens with zero attached hydrogens (tertiary/aromatic N) is 1. The summed E-state index contributed by atoms with van der Waals surface area (Å²) >= 11 is 0. The fourth-order valence-electron chi connectivity index (χ4n) is 3.07. The van der Waals surface area contributed by atoms with Gasteiger partial charge in [-0.25, -0.2) is 0 Å². The normalized spacial score (nSPS) is 17.1. The third-order valence-electron chi connectivity index (χ3n) is 4.41. The molecular formula is C18H26N2O. The molecule has 1 atom stereocenters. The SMILES string of the molecule is CC(NCCC1CCCCC1)c1ccc(OCC#N)cc1. The van der Waals surface area contributed by atoms with Gasteiger partial charge in [0.1, 0.15) is 11.8 Å². The number of hydrogen-bond donors (Lipinski definition) is 1. The van der Waals surface area contributed by atoms with E-state index in [-0.39, 0.29) is 6.61 Å². The van der Waals surface area contributed by atoms with Crippen LogP contribution in [0.3, 0.4) is 0 Å². The first-order valence-electron chi connectivity index (χ1n) is 8.12. The molecule has 1 fully saturated rings. The summed E-state index contributed by atoms with van der Waals surface area (Å²) < 4.78 is 5.27. The molecule has 21 heavy (non-hydrogen) atoms. The van der Waals surface area contributed by atoms with E-state index in [1.807, 2.05) is 18.2 Å². The zero-order valence-corrected chi connectivity index (χ0v) is 13.0. The molecule has 0 aliphatic heterocycles. The van der Waals surface area contributed by atoms with Crippen molar-refractivity contribution in [1.82, 2.24) is 5.32 Å². The topological polar surface area (TPSA) is 45.0 Å². The highest BCUT2D eigenvalue weighted by Gasteiger charge is 2.13. The van der Waals surface area contributed by atoms with Crippen LogP contribution in [0.2, 0.25) is 0 Å². The summed E-state index contributed by atoms with van der Waals surface area (Å²) in [6.07, 6.45) is 8.41. The zero-order chi connectivity index (χ0) is 14.9. The largest absolute Gasteiger partial charge is 0.479 e. The van der Waals surface area contributed by atoms with Gasteiger partial charge < -0.3 is 10.1 Å². The summed E-state index contributed by atoms with van der Waals surface area (Å²) in [4.78, 5) is 0. The first-order valence-corrected chi connectivity index (χ1v) is 8.12. The highest BCUT2D eigenvalue weighted by atomic mass is 16.5. The maximum Gasteiger partial charge on any atom is 0.174 e. The van der Waals surface area contributed by atoms with Crippen molar-refractivity contribution in [1.29, 1.82) is 5.26 Å². The number of benzene rings is 1. The Kier molecular flexibility index (Phi) is 6.56. The lowest BCUT2D eigenvalue weighted by molar-refractivity contribution is 0.329. The average molecular weight is 286 g/mol. The molecule has 0 bridgehead atoms. The molecule has 2 rings (SSSR count). The van der Waals surface area contributed by atoms with Gasteiger partial charge in [-0.1, -0.05) is 44.2 Å². The van der Waals surface area contributed by atoms with Crippen LogP contribution in [0.15, 0.2) is 24.3 Å². The summed E-state index contributed by atoms with van der Waals surface area (Å²) in [5, 5.41) is 12.1. The Morgan fingerprint density at radius 3 is 2.62 bits per heavy atom. The van der Waals surface area contributed by atoms with E-state index in [0.29, 0.717) is 6.04 Å². The van der Waals surface area contributed by atoms with Crippen molar-refractivity contribution >= 4 is 0 Å². The second-order valence-electron chi connectivity index (χ2n) is 5.98. The van der Waals surface area contributed by atoms with Gasteiger partial charge >= 0.3 is 0 Å². The average Bonchev–Trinajstić information content (AvgIpc) is 2.54. The second-order valence-corrected chi connectivity index (χ2v) is 5.98. The minimum atomic E-state index is 0.106. The number of rotatable bonds is 7. The Labute approximate surface area is 128 Å². The summed E-state index contributed by atoms with van der Waals surface area (Å²) in [7, 11) is 0. The minimum Gasteiger partial charge on any atom is -0.479 e. The quantitative estimate of drug-likeness (QED) is 0.816. The predicted molar refractivity (Wildman–Crippen MR) is 85.2 cm³/mol. The fourth-order valence-corrected chi connectivity index (χ4v) is 3.07. The van der Waals surface area contributed by atoms with Crippen LogP contribution < -0.4 is 10.1 Å². The molecule has 1 aliphatic carbocycles. The molecule has 0 amide bonds. The van der Waals surface area contributed by atoms with E-state index in [4.69, 9.17) is 10.00 Å². The van der Waals surface area contributed by atoms with Crippen molar-refractivity contribution in [2.45, 2.75) is 51.5 Å². The smallest absolute Gasteiger partial charge is 0.174 e. The van der Waals surface area contributed by atoms with Crippen LogP contribution in [0.25, 0.3) is 0 Å². The highest BCUT2D eigenvalue weighted by molar-refractivity contribution is 5.29. The van der Waals surface area contributed by atoms with E-state index in [0.717, 1.165) is 18.2 Å². The van der Waals surface area contributed by atoms with Gasteiger partial charge in [-0.15, -0.1) is 0 Å². The van der Waals surface area contributed by atoms with Gasteiger partial charge in [-0.3, -0.25) is 0 Å². The Morgan fingerprint density at radius 2 is 1.95 bits per heavy atom. The number of nitriles is 1. The molecule has 1 aromatic carbocycles. The Hall–Kier alpha value is -1.53. The van der Waals surface area contributed by atoms with Gasteiger partial charge in [-0.2, -0.15) is 5.26 Å². The van der Waals surface area contributed by atoms with Gasteiger partial charge in [0.15, 0.2) is 6.61 Å². The van der Waals surface area contributed by atoms with Gasteiger partial charge in [0.05, 0.1) is 0 Å². The number of ether oxygens (including phenoxy) is 1. The van der Waals surface area contributed by atoms with Gasteiger partial charge in [-0.05, 0) is 43.5 Å². The lowest BCUT2D eigenvalue weighted by atomic mass is 9.87. The standard InChI is InChI=1S/C18H26N2O/c1-15(20-13-11-16-5-3-2-4-6-16)17-7-9-18(10-8-17)21-14-12-19/h7-10,15-16,20H,2-6,11,13-14H2,1H3. The monoisotopic (exact) mass is 286 g/mol. The Morgan fingerprint density at radius 1 is 1.24 bits per heavy atom. The Balaban J connectivity index is 1.72. The van der Waals surface area contributed by atoms with Crippen LogP contribution in [0, 0.1) is 17.2 Å². The molecule has 1 aromatic rings. The maximum absolute atomic E-state index is 8.49. The molecule has 1 aliphatic rings. The van der Waals surface area contributed by atoms with Gasteiger partial charge in [0, 0.05) is 6.04 Å². The van der Waals surface area contributed by atoms with Crippen molar-refractivity contribution < 1.29 is 4.74 Å². The van der Waals surface area contributed by atoms with E-state index in [2.05, 4.69) is 24.4 Å². The minimum absolute atomic E-state index is 0.106. The zero-order valence-electron chi connectivity index (χ0n) is 13.0. The van der Waals surface area contributed by atoms with Crippen molar-refractivity contribution in [3.63, 3.8) is 0 Å². The van der Waals surface area contributed by atoms with E-state index in [1.165, 1.54) is 44.1 Å². The third kappa shape index (κ3) is 5.40. The van der Waals surface area contributed by atoms with E-state index in [1.54, 1.807) is 0 Å². The molecular weight excluding hydrogens is 260 g/mol. The molecule has 1 saturated carbocycles. The van der Waals surface area contributed by atoms with E-state index < -0.39 is 0 Å². The summed E-state index contributed by atoms with van der Waals surface area (Å²) in [6.45, 7) is 3.40. The number of nitrogens with one attached hydrogen (secondary N) is 1. The summed E-state index contributed by atoms with van der Waals surface area (Å²) in [6, 6.07) is 10.4. The molecule has 0 radical (unpaired) electrons. The van der Waals surface area contributed by atoms with E-state index in [9.17, 15) is 0 Å². The predicted octanol–water partition coefficient (Wildman–Crippen LogP) is 4.21. The molecule has 0 aromatic heterocycles. The highest BCUT2D eigenvalue weighted by Crippen LogP contribution is 2.26. The molecule has 0 saturated heterocycles. The molecule has 3 nitrogen and oxygen atoms in total. The van der Waals surface area contributed by atoms with Crippen LogP contribution in [0.1, 0.15) is 57.1 Å². The fraction of sp³-hybridized carbons (Fsp3) is 0.611. The summed E-state index contributed by atoms with van der Waals surface area (Å²) in [5.74, 6) is 1.69. The lowest BCUT2D eigenvalue weighted by Crippen LogP contribution is -2.22. The Bertz CT molecular complexity index is 443. The van der Waals surface area contributed by atoms with Crippen LogP contribution in [-0.2, 0) is 0 Å². The van der Waals surface area contributed by atoms with Gasteiger partial charge in [0.2, 0.25) is 0 Å². The second kappa shape index (κ2) is 8.69. The van der Waals surface area contributed by atoms with Crippen molar-refractivity contribution in [3.8, 4) is 11.8 Å². The molecule has 114 valence electrons. The number of hydrogen-bond acceptors (Lipinski definition) is 3. The van der Waals surface area contributed by atoms with Crippen LogP contribution in [-0.4, -0.2) is 13.2 Å². The first kappa shape index (κ1) is 15.9. The van der Waals surface area contributed by atoms with Crippen LogP contribution in [0.4, 0.5) is 0 Å². The van der Waals surface area contributed by atoms with Gasteiger partial charge in [0.25, 0.3) is 0 Å². The third-order valence-corrected chi connectivity index (χ3v) is 4.41. The summed E-state index contributed by atoms with van der Waals surface area (Å²) in [5.41, 5.74) is 1.27. The van der Waals surface area contributed by atoms with E-state index >= 15 is 0 Å². The van der Waals surface area contributed by atoms with Crippen molar-refractivity contribution in [2.75, 3.05) is 13.2 Å². The lowest BCUT2D eigenvalue weighted by Gasteiger charge is -2.22. The molecule has 1 unspecified atom stereocenters. The molecule has 0 spiro atoms. The van der Waals surface area contributed by atoms with Crippen LogP contribution >= 0.6 is 0 Å². The van der Waals surface area contributed by atoms with Crippen LogP contribution in [0.5, 0.6) is 5.75 Å². The molecule has 3 heteroatoms. The first-order chi connectivity index (χ1) is 10.3. The molecule has 0 heterocycles. The maximum atomic E-state index is 8.49.